The smallest absolute Gasteiger partial charge is 0.350 e. The summed E-state index contributed by atoms with van der Waals surface area (Å²) in [7, 11) is 0. The van der Waals surface area contributed by atoms with E-state index < -0.39 is 29.3 Å². The van der Waals surface area contributed by atoms with Crippen molar-refractivity contribution in [3.8, 4) is 11.5 Å². The first-order chi connectivity index (χ1) is 15.9. The minimum Gasteiger partial charge on any atom is -0.477 e. The van der Waals surface area contributed by atoms with Crippen LogP contribution in [0.25, 0.3) is 0 Å². The molecule has 0 heterocycles. The molecule has 0 bridgehead atoms. The van der Waals surface area contributed by atoms with Gasteiger partial charge in [-0.15, -0.1) is 0 Å². The van der Waals surface area contributed by atoms with Crippen LogP contribution in [0.5, 0.6) is 11.5 Å². The lowest BCUT2D eigenvalue weighted by molar-refractivity contribution is 0.165. The average Bonchev–Trinajstić information content (AvgIpc) is 3.01. The van der Waals surface area contributed by atoms with Gasteiger partial charge in [0.05, 0.1) is 0 Å². The fourth-order valence-electron chi connectivity index (χ4n) is 5.97. The van der Waals surface area contributed by atoms with Crippen LogP contribution in [0.1, 0.15) is 52.1 Å². The summed E-state index contributed by atoms with van der Waals surface area (Å²) in [6.07, 6.45) is -2.36. The molecule has 0 aliphatic heterocycles. The largest absolute Gasteiger partial charge is 0.477 e. The lowest BCUT2D eigenvalue weighted by atomic mass is 9.43. The van der Waals surface area contributed by atoms with E-state index in [2.05, 4.69) is 0 Å². The van der Waals surface area contributed by atoms with E-state index in [9.17, 15) is 22.7 Å². The van der Waals surface area contributed by atoms with E-state index in [4.69, 9.17) is 9.47 Å². The third-order valence-electron chi connectivity index (χ3n) is 6.97. The van der Waals surface area contributed by atoms with Gasteiger partial charge >= 0.3 is 18.0 Å². The molecule has 3 atom stereocenters. The number of aliphatic hydroxyl groups is 1. The Bertz CT molecular complexity index is 1290. The van der Waals surface area contributed by atoms with Gasteiger partial charge in [0.15, 0.2) is 5.83 Å². The van der Waals surface area contributed by atoms with Gasteiger partial charge < -0.3 is 14.6 Å². The minimum atomic E-state index is -2.36. The number of hydrogen-bond acceptors (Lipinski definition) is 3. The molecule has 33 heavy (non-hydrogen) atoms. The summed E-state index contributed by atoms with van der Waals surface area (Å²) in [5.41, 5.74) is 4.71. The molecule has 0 saturated heterocycles. The number of benzene rings is 3. The molecule has 3 aromatic carbocycles. The second-order valence-corrected chi connectivity index (χ2v) is 8.38. The molecule has 3 aromatic rings. The van der Waals surface area contributed by atoms with Crippen molar-refractivity contribution in [1.29, 1.82) is 0 Å². The summed E-state index contributed by atoms with van der Waals surface area (Å²) >= 11 is 0. The quantitative estimate of drug-likeness (QED) is 0.339. The number of hydrogen-bond donors (Lipinski definition) is 1. The predicted octanol–water partition coefficient (Wildman–Crippen LogP) is 7.09. The maximum absolute atomic E-state index is 14.2. The van der Waals surface area contributed by atoms with Crippen LogP contribution in [-0.2, 0) is 5.41 Å². The number of fused-ring (bicyclic) bond motifs is 7. The zero-order valence-corrected chi connectivity index (χ0v) is 17.2. The van der Waals surface area contributed by atoms with Gasteiger partial charge in [0.1, 0.15) is 11.5 Å². The van der Waals surface area contributed by atoms with Crippen LogP contribution in [0.4, 0.5) is 17.6 Å². The molecule has 0 aromatic heterocycles. The van der Waals surface area contributed by atoms with E-state index >= 15 is 0 Å². The topological polar surface area (TPSA) is 38.7 Å². The highest BCUT2D eigenvalue weighted by Crippen LogP contribution is 2.79. The Balaban J connectivity index is 1.65. The molecule has 1 N–H and O–H groups in total. The molecule has 3 aliphatic carbocycles. The summed E-state index contributed by atoms with van der Waals surface area (Å²) in [5, 5.41) is 9.64. The van der Waals surface area contributed by atoms with E-state index in [-0.39, 0.29) is 23.3 Å². The minimum absolute atomic E-state index is 0.0168. The summed E-state index contributed by atoms with van der Waals surface area (Å²) in [4.78, 5) is 0. The van der Waals surface area contributed by atoms with Gasteiger partial charge in [-0.05, 0) is 41.3 Å². The van der Waals surface area contributed by atoms with E-state index in [1.54, 1.807) is 0 Å². The number of halogens is 4. The predicted molar refractivity (Wildman–Crippen MR) is 112 cm³/mol. The van der Waals surface area contributed by atoms with Crippen molar-refractivity contribution in [2.24, 2.45) is 0 Å². The van der Waals surface area contributed by atoms with Crippen molar-refractivity contribution in [2.75, 3.05) is 0 Å². The molecular weight excluding hydrogens is 436 g/mol. The van der Waals surface area contributed by atoms with Crippen LogP contribution < -0.4 is 9.47 Å². The van der Waals surface area contributed by atoms with Gasteiger partial charge in [0.25, 0.3) is 0 Å². The molecule has 3 unspecified atom stereocenters. The molecular formula is C26H16F4O3. The molecule has 0 saturated carbocycles. The lowest BCUT2D eigenvalue weighted by Crippen LogP contribution is -2.52. The third-order valence-corrected chi connectivity index (χ3v) is 6.97. The van der Waals surface area contributed by atoms with E-state index in [0.29, 0.717) is 11.1 Å². The number of allylic oxidation sites excluding steroid dienone is 1. The maximum Gasteiger partial charge on any atom is 0.350 e. The van der Waals surface area contributed by atoms with Crippen LogP contribution >= 0.6 is 0 Å². The zero-order chi connectivity index (χ0) is 23.1. The van der Waals surface area contributed by atoms with Gasteiger partial charge in [0, 0.05) is 28.4 Å². The Hall–Kier alpha value is -3.74. The maximum atomic E-state index is 14.2. The van der Waals surface area contributed by atoms with Gasteiger partial charge in [-0.25, -0.2) is 4.39 Å². The van der Waals surface area contributed by atoms with Gasteiger partial charge in [-0.2, -0.15) is 13.2 Å². The molecule has 1 spiro atoms. The number of ether oxygens (including phenoxy) is 2. The van der Waals surface area contributed by atoms with Crippen LogP contribution in [-0.4, -0.2) is 5.11 Å². The molecule has 0 amide bonds. The van der Waals surface area contributed by atoms with Crippen LogP contribution in [0.3, 0.4) is 0 Å². The summed E-state index contributed by atoms with van der Waals surface area (Å²) in [6.45, 7) is 0.944. The van der Waals surface area contributed by atoms with Gasteiger partial charge in [0.2, 0.25) is 0 Å². The Morgan fingerprint density at radius 1 is 0.758 bits per heavy atom. The first-order valence-electron chi connectivity index (χ1n) is 10.3. The second kappa shape index (κ2) is 6.63. The molecule has 3 nitrogen and oxygen atoms in total. The standard InChI is InChI=1S/C26H16F4O3/c1-12(27)24(30)32-17-10-11-18(33-25(31)23(28)29)20-19(17)21-13-6-2-4-8-15(13)26(21)16-9-5-3-7-14(16)22(20)26/h2-11,21-22,31H,1H3/b24-12-. The third kappa shape index (κ3) is 2.34. The normalized spacial score (nSPS) is 23.4. The Morgan fingerprint density at radius 3 is 1.73 bits per heavy atom. The van der Waals surface area contributed by atoms with Crippen molar-refractivity contribution in [2.45, 2.75) is 24.2 Å². The van der Waals surface area contributed by atoms with E-state index in [1.807, 2.05) is 48.5 Å². The Morgan fingerprint density at radius 2 is 1.24 bits per heavy atom. The summed E-state index contributed by atoms with van der Waals surface area (Å²) < 4.78 is 64.1. The first-order valence-corrected chi connectivity index (χ1v) is 10.3. The average molecular weight is 452 g/mol. The Labute approximate surface area is 186 Å². The SMILES string of the molecule is C/C(F)=C(\F)Oc1ccc(OC(O)=C(F)F)c2c1C1c3ccccc3C13c1ccccc1C23. The molecule has 166 valence electrons. The molecule has 7 heteroatoms. The number of rotatable bonds is 4. The fraction of sp³-hybridized carbons (Fsp3) is 0.154. The van der Waals surface area contributed by atoms with Crippen molar-refractivity contribution in [1.82, 2.24) is 0 Å². The van der Waals surface area contributed by atoms with E-state index in [0.717, 1.165) is 29.2 Å². The molecule has 0 fully saturated rings. The van der Waals surface area contributed by atoms with Gasteiger partial charge in [-0.1, -0.05) is 48.5 Å². The van der Waals surface area contributed by atoms with E-state index in [1.165, 1.54) is 12.1 Å². The molecule has 0 radical (unpaired) electrons. The summed E-state index contributed by atoms with van der Waals surface area (Å²) in [5.74, 6) is -3.07. The van der Waals surface area contributed by atoms with Gasteiger partial charge in [-0.3, -0.25) is 0 Å². The van der Waals surface area contributed by atoms with Crippen LogP contribution in [0.2, 0.25) is 0 Å². The van der Waals surface area contributed by atoms with Crippen molar-refractivity contribution >= 4 is 0 Å². The van der Waals surface area contributed by atoms with Crippen molar-refractivity contribution in [3.05, 3.63) is 118 Å². The first kappa shape index (κ1) is 19.9. The highest BCUT2D eigenvalue weighted by Gasteiger charge is 2.70. The molecule has 3 aliphatic rings. The second-order valence-electron chi connectivity index (χ2n) is 8.38. The molecule has 6 rings (SSSR count). The monoisotopic (exact) mass is 452 g/mol. The number of aliphatic hydroxyl groups excluding tert-OH is 1. The van der Waals surface area contributed by atoms with Crippen LogP contribution in [0.15, 0.2) is 84.5 Å². The summed E-state index contributed by atoms with van der Waals surface area (Å²) in [6, 6.07) is 16.9. The van der Waals surface area contributed by atoms with Crippen molar-refractivity contribution < 1.29 is 32.1 Å². The highest BCUT2D eigenvalue weighted by molar-refractivity contribution is 5.82. The van der Waals surface area contributed by atoms with Crippen LogP contribution in [0, 0.1) is 0 Å². The zero-order valence-electron chi connectivity index (χ0n) is 17.2. The Kier molecular flexibility index (Phi) is 4.00. The fourth-order valence-corrected chi connectivity index (χ4v) is 5.97. The lowest BCUT2D eigenvalue weighted by Gasteiger charge is -2.58. The van der Waals surface area contributed by atoms with Crippen molar-refractivity contribution in [3.63, 3.8) is 0 Å². The highest BCUT2D eigenvalue weighted by atomic mass is 19.3.